The molecule has 1 amide bonds. The van der Waals surface area contributed by atoms with Crippen LogP contribution < -0.4 is 5.32 Å². The van der Waals surface area contributed by atoms with E-state index >= 15 is 0 Å². The lowest BCUT2D eigenvalue weighted by molar-refractivity contribution is 0.102. The Bertz CT molecular complexity index is 771. The van der Waals surface area contributed by atoms with Crippen LogP contribution >= 0.6 is 11.6 Å². The molecule has 0 bridgehead atoms. The summed E-state index contributed by atoms with van der Waals surface area (Å²) in [5.74, 6) is -0.310. The second-order valence-corrected chi connectivity index (χ2v) is 4.75. The molecule has 6 heteroatoms. The van der Waals surface area contributed by atoms with Crippen LogP contribution in [0.3, 0.4) is 0 Å². The van der Waals surface area contributed by atoms with Gasteiger partial charge in [-0.1, -0.05) is 17.7 Å². The molecule has 1 N–H and O–H groups in total. The number of hydrogen-bond acceptors (Lipinski definition) is 3. The van der Waals surface area contributed by atoms with Crippen LogP contribution in [0.4, 0.5) is 5.69 Å². The van der Waals surface area contributed by atoms with Gasteiger partial charge in [0.1, 0.15) is 5.69 Å². The fourth-order valence-corrected chi connectivity index (χ4v) is 2.03. The van der Waals surface area contributed by atoms with Crippen molar-refractivity contribution in [1.82, 2.24) is 14.8 Å². The number of carbonyl (C=O) groups is 1. The normalized spacial score (nSPS) is 10.3. The van der Waals surface area contributed by atoms with Crippen LogP contribution in [0, 0.1) is 0 Å². The number of carbonyl (C=O) groups excluding carboxylic acids is 1. The number of hydrogen-bond donors (Lipinski definition) is 1. The van der Waals surface area contributed by atoms with Crippen LogP contribution in [-0.2, 0) is 0 Å². The molecular weight excluding hydrogens is 288 g/mol. The van der Waals surface area contributed by atoms with Crippen molar-refractivity contribution in [2.45, 2.75) is 0 Å². The predicted molar refractivity (Wildman–Crippen MR) is 80.8 cm³/mol. The number of rotatable bonds is 3. The number of anilines is 1. The first kappa shape index (κ1) is 13.3. The van der Waals surface area contributed by atoms with E-state index in [1.165, 1.54) is 12.3 Å². The van der Waals surface area contributed by atoms with Gasteiger partial charge in [-0.3, -0.25) is 9.78 Å². The van der Waals surface area contributed by atoms with Crippen LogP contribution in [0.25, 0.3) is 5.69 Å². The molecular formula is C15H11ClN4O. The Morgan fingerprint density at radius 3 is 2.81 bits per heavy atom. The summed E-state index contributed by atoms with van der Waals surface area (Å²) in [6, 6.07) is 12.4. The summed E-state index contributed by atoms with van der Waals surface area (Å²) in [5, 5.41) is 7.41. The summed E-state index contributed by atoms with van der Waals surface area (Å²) in [7, 11) is 0. The third-order valence-electron chi connectivity index (χ3n) is 2.83. The van der Waals surface area contributed by atoms with Gasteiger partial charge in [-0.05, 0) is 36.4 Å². The number of nitrogens with one attached hydrogen (secondary N) is 1. The first-order chi connectivity index (χ1) is 10.2. The van der Waals surface area contributed by atoms with Crippen molar-refractivity contribution >= 4 is 23.2 Å². The number of benzene rings is 1. The van der Waals surface area contributed by atoms with E-state index in [1.54, 1.807) is 23.0 Å². The molecule has 5 nitrogen and oxygen atoms in total. The van der Waals surface area contributed by atoms with Gasteiger partial charge in [0.25, 0.3) is 5.91 Å². The van der Waals surface area contributed by atoms with Crippen LogP contribution in [-0.4, -0.2) is 20.7 Å². The van der Waals surface area contributed by atoms with Gasteiger partial charge in [0.2, 0.25) is 0 Å². The van der Waals surface area contributed by atoms with Gasteiger partial charge in [0.15, 0.2) is 0 Å². The zero-order valence-corrected chi connectivity index (χ0v) is 11.7. The minimum Gasteiger partial charge on any atom is -0.321 e. The molecule has 3 rings (SSSR count). The molecule has 0 saturated heterocycles. The van der Waals surface area contributed by atoms with E-state index in [4.69, 9.17) is 11.6 Å². The highest BCUT2D eigenvalue weighted by molar-refractivity contribution is 6.30. The van der Waals surface area contributed by atoms with Crippen molar-refractivity contribution in [2.24, 2.45) is 0 Å². The second-order valence-electron chi connectivity index (χ2n) is 4.31. The summed E-state index contributed by atoms with van der Waals surface area (Å²) in [6.07, 6.45) is 5.03. The van der Waals surface area contributed by atoms with Gasteiger partial charge >= 0.3 is 0 Å². The third kappa shape index (κ3) is 3.09. The third-order valence-corrected chi connectivity index (χ3v) is 3.06. The van der Waals surface area contributed by atoms with Crippen molar-refractivity contribution in [1.29, 1.82) is 0 Å². The van der Waals surface area contributed by atoms with Gasteiger partial charge < -0.3 is 5.32 Å². The summed E-state index contributed by atoms with van der Waals surface area (Å²) in [5.41, 5.74) is 1.79. The zero-order chi connectivity index (χ0) is 14.7. The molecule has 0 aliphatic heterocycles. The number of halogens is 1. The Labute approximate surface area is 126 Å². The average molecular weight is 299 g/mol. The molecule has 0 unspecified atom stereocenters. The molecule has 0 spiro atoms. The minimum absolute atomic E-state index is 0.270. The Hall–Kier alpha value is -2.66. The van der Waals surface area contributed by atoms with E-state index in [0.29, 0.717) is 10.7 Å². The summed E-state index contributed by atoms with van der Waals surface area (Å²) in [6.45, 7) is 0. The topological polar surface area (TPSA) is 59.8 Å². The molecule has 2 heterocycles. The lowest BCUT2D eigenvalue weighted by atomic mass is 10.2. The lowest BCUT2D eigenvalue weighted by Gasteiger charge is -2.07. The molecule has 2 aromatic heterocycles. The van der Waals surface area contributed by atoms with E-state index in [-0.39, 0.29) is 11.6 Å². The number of aromatic nitrogens is 3. The number of amides is 1. The van der Waals surface area contributed by atoms with E-state index in [9.17, 15) is 4.79 Å². The molecule has 0 saturated carbocycles. The highest BCUT2D eigenvalue weighted by Gasteiger charge is 2.08. The molecule has 3 aromatic rings. The van der Waals surface area contributed by atoms with Gasteiger partial charge in [-0.15, -0.1) is 0 Å². The van der Waals surface area contributed by atoms with Crippen LogP contribution in [0.2, 0.25) is 5.02 Å². The average Bonchev–Trinajstić information content (AvgIpc) is 3.02. The van der Waals surface area contributed by atoms with Crippen LogP contribution in [0.5, 0.6) is 0 Å². The van der Waals surface area contributed by atoms with Crippen LogP contribution in [0.15, 0.2) is 61.1 Å². The van der Waals surface area contributed by atoms with Gasteiger partial charge in [-0.2, -0.15) is 5.10 Å². The van der Waals surface area contributed by atoms with Gasteiger partial charge in [0, 0.05) is 29.3 Å². The van der Waals surface area contributed by atoms with E-state index in [0.717, 1.165) is 5.69 Å². The van der Waals surface area contributed by atoms with E-state index in [1.807, 2.05) is 30.5 Å². The molecule has 21 heavy (non-hydrogen) atoms. The smallest absolute Gasteiger partial charge is 0.274 e. The van der Waals surface area contributed by atoms with Crippen molar-refractivity contribution < 1.29 is 4.79 Å². The second kappa shape index (κ2) is 5.76. The Morgan fingerprint density at radius 2 is 2.05 bits per heavy atom. The van der Waals surface area contributed by atoms with Crippen LogP contribution in [0.1, 0.15) is 10.5 Å². The summed E-state index contributed by atoms with van der Waals surface area (Å²) < 4.78 is 1.72. The number of pyridine rings is 1. The lowest BCUT2D eigenvalue weighted by Crippen LogP contribution is -2.13. The monoisotopic (exact) mass is 298 g/mol. The molecule has 0 aliphatic carbocycles. The standard InChI is InChI=1S/C15H11ClN4O/c16-11-5-7-17-14(9-11)15(21)19-12-3-1-4-13(10-12)20-8-2-6-18-20/h1-10H,(H,19,21). The summed E-state index contributed by atoms with van der Waals surface area (Å²) in [4.78, 5) is 16.1. The fraction of sp³-hybridized carbons (Fsp3) is 0. The number of nitrogens with zero attached hydrogens (tertiary/aromatic N) is 3. The van der Waals surface area contributed by atoms with Gasteiger partial charge in [0.05, 0.1) is 5.69 Å². The maximum absolute atomic E-state index is 12.1. The maximum atomic E-state index is 12.1. The van der Waals surface area contributed by atoms with Crippen molar-refractivity contribution in [3.8, 4) is 5.69 Å². The Balaban J connectivity index is 1.82. The maximum Gasteiger partial charge on any atom is 0.274 e. The minimum atomic E-state index is -0.310. The zero-order valence-electron chi connectivity index (χ0n) is 10.9. The Kier molecular flexibility index (Phi) is 3.66. The molecule has 104 valence electrons. The fourth-order valence-electron chi connectivity index (χ4n) is 1.87. The highest BCUT2D eigenvalue weighted by Crippen LogP contribution is 2.15. The predicted octanol–water partition coefficient (Wildman–Crippen LogP) is 3.17. The SMILES string of the molecule is O=C(Nc1cccc(-n2cccn2)c1)c1cc(Cl)ccn1. The molecule has 0 atom stereocenters. The first-order valence-corrected chi connectivity index (χ1v) is 6.63. The van der Waals surface area contributed by atoms with E-state index in [2.05, 4.69) is 15.4 Å². The quantitative estimate of drug-likeness (QED) is 0.808. The largest absolute Gasteiger partial charge is 0.321 e. The molecule has 0 fully saturated rings. The van der Waals surface area contributed by atoms with Crippen molar-refractivity contribution in [2.75, 3.05) is 5.32 Å². The van der Waals surface area contributed by atoms with Gasteiger partial charge in [-0.25, -0.2) is 4.68 Å². The van der Waals surface area contributed by atoms with Crippen molar-refractivity contribution in [3.63, 3.8) is 0 Å². The van der Waals surface area contributed by atoms with E-state index < -0.39 is 0 Å². The summed E-state index contributed by atoms with van der Waals surface area (Å²) >= 11 is 5.85. The highest BCUT2D eigenvalue weighted by atomic mass is 35.5. The Morgan fingerprint density at radius 1 is 1.14 bits per heavy atom. The molecule has 1 aromatic carbocycles. The molecule has 0 radical (unpaired) electrons. The first-order valence-electron chi connectivity index (χ1n) is 6.25. The molecule has 0 aliphatic rings. The van der Waals surface area contributed by atoms with Crippen molar-refractivity contribution in [3.05, 3.63) is 71.8 Å².